The Kier molecular flexibility index (Phi) is 14.5. The number of nitrogens with zero attached hydrogens (tertiary/aromatic N) is 4. The van der Waals surface area contributed by atoms with Crippen LogP contribution < -0.4 is 5.32 Å². The molecule has 13 nitrogen and oxygen atoms in total. The first-order chi connectivity index (χ1) is 24.5. The van der Waals surface area contributed by atoms with Crippen LogP contribution in [0.2, 0.25) is 0 Å². The Morgan fingerprint density at radius 3 is 1.75 bits per heavy atom. The maximum absolute atomic E-state index is 13.5. The van der Waals surface area contributed by atoms with E-state index in [0.717, 1.165) is 19.3 Å². The van der Waals surface area contributed by atoms with Crippen LogP contribution in [-0.4, -0.2) is 103 Å². The Morgan fingerprint density at radius 2 is 1.29 bits per heavy atom. The number of aliphatic hydroxyl groups excluding tert-OH is 1. The Morgan fingerprint density at radius 1 is 0.784 bits per heavy atom. The average molecular weight is 710 g/mol. The van der Waals surface area contributed by atoms with Gasteiger partial charge in [0.15, 0.2) is 0 Å². The number of amides is 1. The Bertz CT molecular complexity index is 1370. The number of carboxylic acids is 3. The van der Waals surface area contributed by atoms with Gasteiger partial charge in [-0.25, -0.2) is 0 Å². The van der Waals surface area contributed by atoms with Crippen molar-refractivity contribution in [2.75, 3.05) is 26.7 Å². The lowest BCUT2D eigenvalue weighted by Crippen LogP contribution is -2.78. The number of carbonyl (C=O) groups is 4. The predicted molar refractivity (Wildman–Crippen MR) is 190 cm³/mol. The monoisotopic (exact) mass is 709 g/mol. The van der Waals surface area contributed by atoms with Crippen LogP contribution in [0.25, 0.3) is 0 Å². The van der Waals surface area contributed by atoms with E-state index >= 15 is 0 Å². The van der Waals surface area contributed by atoms with Gasteiger partial charge < -0.3 is 25.7 Å². The second kappa shape index (κ2) is 18.5. The van der Waals surface area contributed by atoms with Crippen LogP contribution in [0.1, 0.15) is 114 Å². The first kappa shape index (κ1) is 39.8. The highest BCUT2D eigenvalue weighted by atomic mass is 16.4. The molecule has 2 aromatic rings. The van der Waals surface area contributed by atoms with Crippen molar-refractivity contribution >= 4 is 23.8 Å². The zero-order chi connectivity index (χ0) is 37.0. The molecule has 2 saturated heterocycles. The van der Waals surface area contributed by atoms with E-state index in [1.807, 2.05) is 0 Å². The SMILES string of the molecule is CCCCCCCCCCCC(=O)NCCCC[C@@H](C(=O)O)N1CC2(C(=O)O)C(O)C(C(=O)O)(C1)[C@@H](c1ccccn1)N(C)[C@H]2c1ccccn1. The summed E-state index contributed by atoms with van der Waals surface area (Å²) in [6.45, 7) is 1.72. The molecule has 5 N–H and O–H groups in total. The fraction of sp³-hybridized carbons (Fsp3) is 0.632. The molecular formula is C38H55N5O8. The van der Waals surface area contributed by atoms with Gasteiger partial charge >= 0.3 is 17.9 Å². The molecule has 0 saturated carbocycles. The molecule has 4 heterocycles. The highest BCUT2D eigenvalue weighted by Crippen LogP contribution is 2.62. The number of aromatic nitrogens is 2. The van der Waals surface area contributed by atoms with Crippen molar-refractivity contribution in [2.24, 2.45) is 10.8 Å². The molecule has 2 aliphatic heterocycles. The number of aliphatic hydroxyl groups is 1. The van der Waals surface area contributed by atoms with Gasteiger partial charge in [0.2, 0.25) is 5.91 Å². The van der Waals surface area contributed by atoms with Gasteiger partial charge in [-0.2, -0.15) is 0 Å². The average Bonchev–Trinajstić information content (AvgIpc) is 3.10. The Labute approximate surface area is 300 Å². The number of unbranched alkanes of at least 4 members (excludes halogenated alkanes) is 9. The molecule has 0 aromatic carbocycles. The minimum absolute atomic E-state index is 0.0392. The van der Waals surface area contributed by atoms with E-state index in [1.54, 1.807) is 48.3 Å². The lowest BCUT2D eigenvalue weighted by molar-refractivity contribution is -0.250. The molecule has 1 amide bonds. The number of carboxylic acid groups (broad SMARTS) is 3. The van der Waals surface area contributed by atoms with Crippen LogP contribution in [0, 0.1) is 10.8 Å². The summed E-state index contributed by atoms with van der Waals surface area (Å²) >= 11 is 0. The van der Waals surface area contributed by atoms with Gasteiger partial charge in [0.05, 0.1) is 29.6 Å². The summed E-state index contributed by atoms with van der Waals surface area (Å²) in [5.41, 5.74) is -3.73. The lowest BCUT2D eigenvalue weighted by atomic mass is 9.53. The van der Waals surface area contributed by atoms with E-state index in [4.69, 9.17) is 0 Å². The fourth-order valence-electron chi connectivity index (χ4n) is 8.39. The summed E-state index contributed by atoms with van der Waals surface area (Å²) in [4.78, 5) is 64.1. The molecule has 6 atom stereocenters. The molecule has 2 aliphatic rings. The van der Waals surface area contributed by atoms with Gasteiger partial charge in [0.1, 0.15) is 16.9 Å². The Balaban J connectivity index is 1.49. The van der Waals surface area contributed by atoms with Crippen LogP contribution in [0.5, 0.6) is 0 Å². The minimum atomic E-state index is -2.16. The minimum Gasteiger partial charge on any atom is -0.481 e. The number of carbonyl (C=O) groups excluding carboxylic acids is 1. The zero-order valence-corrected chi connectivity index (χ0v) is 30.0. The summed E-state index contributed by atoms with van der Waals surface area (Å²) in [5.74, 6) is -4.17. The van der Waals surface area contributed by atoms with Gasteiger partial charge in [-0.05, 0) is 57.0 Å². The van der Waals surface area contributed by atoms with Gasteiger partial charge in [-0.3, -0.25) is 38.9 Å². The summed E-state index contributed by atoms with van der Waals surface area (Å²) in [7, 11) is 1.61. The maximum atomic E-state index is 13.5. The number of fused-ring (bicyclic) bond motifs is 2. The highest BCUT2D eigenvalue weighted by molar-refractivity contribution is 5.85. The van der Waals surface area contributed by atoms with E-state index < -0.39 is 66.1 Å². The second-order valence-corrected chi connectivity index (χ2v) is 14.3. The third-order valence-corrected chi connectivity index (χ3v) is 10.9. The first-order valence-electron chi connectivity index (χ1n) is 18.4. The summed E-state index contributed by atoms with van der Waals surface area (Å²) in [6, 6.07) is 6.44. The van der Waals surface area contributed by atoms with Crippen molar-refractivity contribution in [3.63, 3.8) is 0 Å². The maximum Gasteiger partial charge on any atom is 0.320 e. The normalized spacial score (nSPS) is 25.6. The standard InChI is InChI=1S/C38H55N5O8/c1-3-4-5-6-7-8-9-10-11-21-30(44)41-24-17-14-20-29(33(45)46)43-25-37(35(48)49)31(27-18-12-15-22-39-27)42(2)32(28-19-13-16-23-40-28)38(26-43,34(37)47)36(50)51/h12-13,15-16,18-19,22-23,29,31-32,34,47H,3-11,14,17,20-21,24-26H2,1-2H3,(H,41,44)(H,45,46)(H,48,49)(H,50,51)/t29-,31-,32+,34?,37?,38?/m0/s1. The molecule has 2 bridgehead atoms. The molecular weight excluding hydrogens is 654 g/mol. The van der Waals surface area contributed by atoms with Crippen molar-refractivity contribution in [3.8, 4) is 0 Å². The van der Waals surface area contributed by atoms with Crippen molar-refractivity contribution in [1.29, 1.82) is 0 Å². The second-order valence-electron chi connectivity index (χ2n) is 14.3. The van der Waals surface area contributed by atoms with Crippen molar-refractivity contribution in [2.45, 2.75) is 115 Å². The number of aliphatic carboxylic acids is 3. The van der Waals surface area contributed by atoms with E-state index in [0.29, 0.717) is 37.2 Å². The smallest absolute Gasteiger partial charge is 0.320 e. The third-order valence-electron chi connectivity index (χ3n) is 10.9. The Hall–Kier alpha value is -3.94. The number of piperidine rings is 2. The molecule has 0 aliphatic carbocycles. The number of pyridine rings is 2. The quantitative estimate of drug-likeness (QED) is 0.113. The van der Waals surface area contributed by atoms with Gasteiger partial charge in [0, 0.05) is 38.4 Å². The number of rotatable bonds is 21. The van der Waals surface area contributed by atoms with Crippen LogP contribution >= 0.6 is 0 Å². The summed E-state index contributed by atoms with van der Waals surface area (Å²) < 4.78 is 0. The van der Waals surface area contributed by atoms with Crippen molar-refractivity contribution < 1.29 is 39.6 Å². The van der Waals surface area contributed by atoms with Crippen molar-refractivity contribution in [1.82, 2.24) is 25.1 Å². The molecule has 280 valence electrons. The molecule has 0 spiro atoms. The largest absolute Gasteiger partial charge is 0.481 e. The first-order valence-corrected chi connectivity index (χ1v) is 18.4. The van der Waals surface area contributed by atoms with Crippen LogP contribution in [0.4, 0.5) is 0 Å². The van der Waals surface area contributed by atoms with E-state index in [2.05, 4.69) is 22.2 Å². The zero-order valence-electron chi connectivity index (χ0n) is 30.0. The molecule has 51 heavy (non-hydrogen) atoms. The fourth-order valence-corrected chi connectivity index (χ4v) is 8.39. The topological polar surface area (TPSA) is 193 Å². The van der Waals surface area contributed by atoms with Crippen LogP contribution in [0.15, 0.2) is 48.8 Å². The van der Waals surface area contributed by atoms with E-state index in [9.17, 15) is 39.6 Å². The van der Waals surface area contributed by atoms with Gasteiger partial charge in [-0.1, -0.05) is 70.4 Å². The van der Waals surface area contributed by atoms with Crippen molar-refractivity contribution in [3.05, 3.63) is 60.2 Å². The molecule has 2 aromatic heterocycles. The number of hydrogen-bond acceptors (Lipinski definition) is 9. The lowest BCUT2D eigenvalue weighted by Gasteiger charge is -2.64. The summed E-state index contributed by atoms with van der Waals surface area (Å²) in [5, 5.41) is 47.4. The van der Waals surface area contributed by atoms with Gasteiger partial charge in [-0.15, -0.1) is 0 Å². The third kappa shape index (κ3) is 8.75. The van der Waals surface area contributed by atoms with Crippen LogP contribution in [0.3, 0.4) is 0 Å². The predicted octanol–water partition coefficient (Wildman–Crippen LogP) is 4.68. The molecule has 13 heteroatoms. The van der Waals surface area contributed by atoms with E-state index in [-0.39, 0.29) is 12.3 Å². The van der Waals surface area contributed by atoms with Crippen LogP contribution in [-0.2, 0) is 19.2 Å². The summed E-state index contributed by atoms with van der Waals surface area (Å²) in [6.07, 6.45) is 13.0. The van der Waals surface area contributed by atoms with Gasteiger partial charge in [0.25, 0.3) is 0 Å². The number of nitrogens with one attached hydrogen (secondary N) is 1. The highest BCUT2D eigenvalue weighted by Gasteiger charge is 2.75. The molecule has 2 fully saturated rings. The molecule has 3 unspecified atom stereocenters. The molecule has 0 radical (unpaired) electrons. The number of likely N-dealkylation sites (tertiary alicyclic amines) is 2. The van der Waals surface area contributed by atoms with E-state index in [1.165, 1.54) is 55.8 Å². The molecule has 4 rings (SSSR count). The number of hydrogen-bond donors (Lipinski definition) is 5.